The second-order valence-electron chi connectivity index (χ2n) is 10.7. The van der Waals surface area contributed by atoms with Crippen molar-refractivity contribution in [2.45, 2.75) is 56.7 Å². The van der Waals surface area contributed by atoms with E-state index in [1.54, 1.807) is 6.20 Å². The van der Waals surface area contributed by atoms with Gasteiger partial charge in [-0.05, 0) is 93.3 Å². The van der Waals surface area contributed by atoms with Crippen molar-refractivity contribution in [1.29, 1.82) is 0 Å². The Labute approximate surface area is 216 Å². The SMILES string of the molecule is NC(C(=O)N[C@H]1CC[C@H](Nc2cc(-c3c[nH]c4ncccc34)cc(Cl)n2)CC1)C1CN2CCC1CC2. The van der Waals surface area contributed by atoms with Crippen LogP contribution in [0.5, 0.6) is 0 Å². The Bertz CT molecular complexity index is 1230. The molecular formula is C27H34ClN7O. The molecular weight excluding hydrogens is 474 g/mol. The van der Waals surface area contributed by atoms with Gasteiger partial charge in [0.25, 0.3) is 0 Å². The number of aromatic amines is 1. The van der Waals surface area contributed by atoms with Gasteiger partial charge >= 0.3 is 0 Å². The van der Waals surface area contributed by atoms with Crippen LogP contribution in [0.3, 0.4) is 0 Å². The van der Waals surface area contributed by atoms with Crippen molar-refractivity contribution >= 4 is 34.4 Å². The number of hydrogen-bond acceptors (Lipinski definition) is 6. The van der Waals surface area contributed by atoms with Crippen LogP contribution < -0.4 is 16.4 Å². The van der Waals surface area contributed by atoms with Gasteiger partial charge in [0.2, 0.25) is 5.91 Å². The molecule has 3 aromatic rings. The fraction of sp³-hybridized carbons (Fsp3) is 0.519. The third-order valence-electron chi connectivity index (χ3n) is 8.45. The molecule has 5 N–H and O–H groups in total. The third kappa shape index (κ3) is 4.82. The number of halogens is 1. The summed E-state index contributed by atoms with van der Waals surface area (Å²) in [5.74, 6) is 1.69. The van der Waals surface area contributed by atoms with Crippen molar-refractivity contribution in [3.05, 3.63) is 41.8 Å². The molecule has 0 spiro atoms. The van der Waals surface area contributed by atoms with E-state index in [2.05, 4.69) is 30.5 Å². The number of hydrogen-bond donors (Lipinski definition) is 4. The normalized spacial score (nSPS) is 28.7. The fourth-order valence-electron chi connectivity index (χ4n) is 6.42. The number of piperidine rings is 3. The minimum Gasteiger partial charge on any atom is -0.367 e. The number of nitrogens with two attached hydrogens (primary N) is 1. The lowest BCUT2D eigenvalue weighted by molar-refractivity contribution is -0.126. The molecule has 4 aliphatic rings. The summed E-state index contributed by atoms with van der Waals surface area (Å²) in [6, 6.07) is 7.98. The quantitative estimate of drug-likeness (QED) is 0.378. The van der Waals surface area contributed by atoms with Crippen LogP contribution >= 0.6 is 11.6 Å². The van der Waals surface area contributed by atoms with E-state index in [9.17, 15) is 4.79 Å². The van der Waals surface area contributed by atoms with Gasteiger partial charge in [-0.3, -0.25) is 4.79 Å². The lowest BCUT2D eigenvalue weighted by atomic mass is 9.75. The molecule has 7 rings (SSSR count). The molecule has 2 unspecified atom stereocenters. The summed E-state index contributed by atoms with van der Waals surface area (Å²) in [6.45, 7) is 3.29. The van der Waals surface area contributed by atoms with E-state index >= 15 is 0 Å². The van der Waals surface area contributed by atoms with E-state index in [1.807, 2.05) is 30.5 Å². The van der Waals surface area contributed by atoms with E-state index in [0.717, 1.165) is 73.3 Å². The van der Waals surface area contributed by atoms with Gasteiger partial charge in [-0.1, -0.05) is 11.6 Å². The van der Waals surface area contributed by atoms with Crippen molar-refractivity contribution < 1.29 is 4.79 Å². The molecule has 4 fully saturated rings. The zero-order valence-electron chi connectivity index (χ0n) is 20.4. The fourth-order valence-corrected chi connectivity index (χ4v) is 6.63. The second kappa shape index (κ2) is 10.00. The molecule has 1 amide bonds. The molecule has 9 heteroatoms. The summed E-state index contributed by atoms with van der Waals surface area (Å²) in [5.41, 5.74) is 9.35. The van der Waals surface area contributed by atoms with Crippen LogP contribution in [0.1, 0.15) is 38.5 Å². The average molecular weight is 508 g/mol. The van der Waals surface area contributed by atoms with Crippen molar-refractivity contribution in [3.8, 4) is 11.1 Å². The van der Waals surface area contributed by atoms with Crippen molar-refractivity contribution in [2.24, 2.45) is 17.6 Å². The molecule has 3 saturated heterocycles. The van der Waals surface area contributed by atoms with Crippen LogP contribution in [0.4, 0.5) is 5.82 Å². The van der Waals surface area contributed by atoms with Crippen molar-refractivity contribution in [1.82, 2.24) is 25.2 Å². The van der Waals surface area contributed by atoms with E-state index in [1.165, 1.54) is 12.8 Å². The summed E-state index contributed by atoms with van der Waals surface area (Å²) >= 11 is 6.39. The van der Waals surface area contributed by atoms with Gasteiger partial charge in [-0.25, -0.2) is 9.97 Å². The molecule has 1 aliphatic carbocycles. The lowest BCUT2D eigenvalue weighted by Gasteiger charge is -2.46. The average Bonchev–Trinajstić information content (AvgIpc) is 3.34. The molecule has 2 bridgehead atoms. The predicted octanol–water partition coefficient (Wildman–Crippen LogP) is 3.79. The highest BCUT2D eigenvalue weighted by atomic mass is 35.5. The molecule has 8 nitrogen and oxygen atoms in total. The maximum atomic E-state index is 12.9. The third-order valence-corrected chi connectivity index (χ3v) is 8.65. The monoisotopic (exact) mass is 507 g/mol. The lowest BCUT2D eigenvalue weighted by Crippen LogP contribution is -2.58. The van der Waals surface area contributed by atoms with Crippen LogP contribution in [0.15, 0.2) is 36.7 Å². The first kappa shape index (κ1) is 23.7. The molecule has 1 saturated carbocycles. The number of anilines is 1. The number of nitrogens with zero attached hydrogens (tertiary/aromatic N) is 3. The Balaban J connectivity index is 1.05. The predicted molar refractivity (Wildman–Crippen MR) is 143 cm³/mol. The number of rotatable bonds is 6. The van der Waals surface area contributed by atoms with Crippen molar-refractivity contribution in [3.63, 3.8) is 0 Å². The minimum absolute atomic E-state index is 0.0273. The molecule has 2 atom stereocenters. The number of carbonyl (C=O) groups is 1. The molecule has 3 aliphatic heterocycles. The first-order valence-electron chi connectivity index (χ1n) is 13.2. The number of amides is 1. The summed E-state index contributed by atoms with van der Waals surface area (Å²) in [4.78, 5) is 27.5. The maximum Gasteiger partial charge on any atom is 0.237 e. The molecule has 3 aromatic heterocycles. The maximum absolute atomic E-state index is 12.9. The van der Waals surface area contributed by atoms with Gasteiger partial charge in [0.15, 0.2) is 0 Å². The molecule has 0 aromatic carbocycles. The first-order valence-corrected chi connectivity index (χ1v) is 13.6. The second-order valence-corrected chi connectivity index (χ2v) is 11.1. The summed E-state index contributed by atoms with van der Waals surface area (Å²) in [7, 11) is 0. The number of carbonyl (C=O) groups excluding carboxylic acids is 1. The Morgan fingerprint density at radius 2 is 1.92 bits per heavy atom. The zero-order chi connectivity index (χ0) is 24.6. The highest BCUT2D eigenvalue weighted by molar-refractivity contribution is 6.29. The standard InChI is InChI=1S/C27H34ClN7O/c28-23-12-17(21-14-31-26-20(21)2-1-9-30-26)13-24(34-23)32-18-3-5-19(6-4-18)33-27(36)25(29)22-15-35-10-7-16(22)8-11-35/h1-2,9,12-14,16,18-19,22,25H,3-8,10-11,15,29H2,(H,30,31)(H,32,34)(H,33,36)/t18-,19-,22?,25?. The Hall–Kier alpha value is -2.68. The Kier molecular flexibility index (Phi) is 6.58. The molecule has 190 valence electrons. The van der Waals surface area contributed by atoms with E-state index in [4.69, 9.17) is 17.3 Å². The van der Waals surface area contributed by atoms with E-state index in [-0.39, 0.29) is 18.0 Å². The molecule has 36 heavy (non-hydrogen) atoms. The molecule has 6 heterocycles. The largest absolute Gasteiger partial charge is 0.367 e. The van der Waals surface area contributed by atoms with Gasteiger partial charge < -0.3 is 26.3 Å². The van der Waals surface area contributed by atoms with Gasteiger partial charge in [-0.15, -0.1) is 0 Å². The Morgan fingerprint density at radius 1 is 1.14 bits per heavy atom. The number of H-pyrrole nitrogens is 1. The van der Waals surface area contributed by atoms with E-state index < -0.39 is 6.04 Å². The molecule has 0 radical (unpaired) electrons. The highest BCUT2D eigenvalue weighted by Gasteiger charge is 2.40. The van der Waals surface area contributed by atoms with Gasteiger partial charge in [-0.2, -0.15) is 0 Å². The summed E-state index contributed by atoms with van der Waals surface area (Å²) < 4.78 is 0. The van der Waals surface area contributed by atoms with Crippen molar-refractivity contribution in [2.75, 3.05) is 25.0 Å². The van der Waals surface area contributed by atoms with Crippen LogP contribution in [0.25, 0.3) is 22.2 Å². The van der Waals surface area contributed by atoms with Crippen LogP contribution in [0, 0.1) is 11.8 Å². The number of nitrogens with one attached hydrogen (secondary N) is 3. The number of fused-ring (bicyclic) bond motifs is 4. The first-order chi connectivity index (χ1) is 17.5. The number of aromatic nitrogens is 3. The topological polar surface area (TPSA) is 112 Å². The van der Waals surface area contributed by atoms with Crippen LogP contribution in [-0.2, 0) is 4.79 Å². The smallest absolute Gasteiger partial charge is 0.237 e. The Morgan fingerprint density at radius 3 is 2.67 bits per heavy atom. The summed E-state index contributed by atoms with van der Waals surface area (Å²) in [5, 5.41) is 8.34. The highest BCUT2D eigenvalue weighted by Crippen LogP contribution is 2.34. The zero-order valence-corrected chi connectivity index (χ0v) is 21.2. The van der Waals surface area contributed by atoms with Crippen LogP contribution in [0.2, 0.25) is 5.15 Å². The van der Waals surface area contributed by atoms with Gasteiger partial charge in [0, 0.05) is 42.0 Å². The van der Waals surface area contributed by atoms with E-state index in [0.29, 0.717) is 17.0 Å². The summed E-state index contributed by atoms with van der Waals surface area (Å²) in [6.07, 6.45) is 9.87. The van der Waals surface area contributed by atoms with Gasteiger partial charge in [0.1, 0.15) is 16.6 Å². The van der Waals surface area contributed by atoms with Gasteiger partial charge in [0.05, 0.1) is 6.04 Å². The number of pyridine rings is 2. The van der Waals surface area contributed by atoms with Crippen LogP contribution in [-0.4, -0.2) is 63.5 Å². The minimum atomic E-state index is -0.400.